The zero-order chi connectivity index (χ0) is 19.3. The third kappa shape index (κ3) is 3.59. The molecule has 2 amide bonds. The number of nitrogens with zero attached hydrogens (tertiary/aromatic N) is 2. The summed E-state index contributed by atoms with van der Waals surface area (Å²) < 4.78 is 5.46. The van der Waals surface area contributed by atoms with Crippen LogP contribution in [0.3, 0.4) is 0 Å². The van der Waals surface area contributed by atoms with Crippen LogP contribution in [0.1, 0.15) is 64.2 Å². The summed E-state index contributed by atoms with van der Waals surface area (Å²) >= 11 is 0. The van der Waals surface area contributed by atoms with Crippen molar-refractivity contribution in [2.24, 2.45) is 29.1 Å². The van der Waals surface area contributed by atoms with Gasteiger partial charge >= 0.3 is 0 Å². The summed E-state index contributed by atoms with van der Waals surface area (Å²) in [4.78, 5) is 29.9. The maximum absolute atomic E-state index is 13.1. The van der Waals surface area contributed by atoms with E-state index in [0.717, 1.165) is 58.3 Å². The van der Waals surface area contributed by atoms with Crippen LogP contribution in [-0.2, 0) is 14.3 Å². The Bertz CT molecular complexity index is 611. The number of amides is 2. The van der Waals surface area contributed by atoms with Crippen LogP contribution in [-0.4, -0.2) is 61.0 Å². The Hall–Kier alpha value is -1.10. The van der Waals surface area contributed by atoms with Gasteiger partial charge in [-0.1, -0.05) is 0 Å². The first-order chi connectivity index (χ1) is 13.6. The minimum absolute atomic E-state index is 0.196. The van der Waals surface area contributed by atoms with Gasteiger partial charge < -0.3 is 14.5 Å². The van der Waals surface area contributed by atoms with Gasteiger partial charge in [-0.15, -0.1) is 0 Å². The van der Waals surface area contributed by atoms with Crippen LogP contribution in [0.2, 0.25) is 0 Å². The number of carbonyl (C=O) groups is 2. The Morgan fingerprint density at radius 1 is 0.893 bits per heavy atom. The van der Waals surface area contributed by atoms with E-state index in [1.807, 2.05) is 4.90 Å². The van der Waals surface area contributed by atoms with Crippen LogP contribution in [0.15, 0.2) is 0 Å². The van der Waals surface area contributed by atoms with Gasteiger partial charge in [-0.25, -0.2) is 0 Å². The lowest BCUT2D eigenvalue weighted by molar-refractivity contribution is -0.153. The number of ether oxygens (including phenoxy) is 1. The first-order valence-corrected chi connectivity index (χ1v) is 11.7. The van der Waals surface area contributed by atoms with Crippen molar-refractivity contribution in [2.75, 3.05) is 33.3 Å². The third-order valence-corrected chi connectivity index (χ3v) is 8.56. The first kappa shape index (κ1) is 18.9. The van der Waals surface area contributed by atoms with Crippen molar-refractivity contribution in [1.82, 2.24) is 9.80 Å². The zero-order valence-electron chi connectivity index (χ0n) is 17.4. The second kappa shape index (κ2) is 7.30. The number of piperidine rings is 1. The summed E-state index contributed by atoms with van der Waals surface area (Å²) in [6, 6.07) is 0. The SMILES string of the molecule is COC(C(=O)N1CC(C2CCCN(C(=O)C3CCC4(CC3)CC4)C2)C1)C1CC1. The molecule has 0 radical (unpaired) electrons. The fourth-order valence-corrected chi connectivity index (χ4v) is 6.07. The highest BCUT2D eigenvalue weighted by Crippen LogP contribution is 2.57. The average Bonchev–Trinajstić information content (AvgIpc) is 3.60. The molecule has 28 heavy (non-hydrogen) atoms. The fourth-order valence-electron chi connectivity index (χ4n) is 6.07. The van der Waals surface area contributed by atoms with E-state index in [9.17, 15) is 9.59 Å². The van der Waals surface area contributed by atoms with Crippen molar-refractivity contribution in [3.63, 3.8) is 0 Å². The fraction of sp³-hybridized carbons (Fsp3) is 0.913. The molecule has 2 saturated heterocycles. The highest BCUT2D eigenvalue weighted by atomic mass is 16.5. The first-order valence-electron chi connectivity index (χ1n) is 11.7. The number of rotatable bonds is 5. The minimum Gasteiger partial charge on any atom is -0.371 e. The normalized spacial score (nSPS) is 31.5. The molecule has 3 aliphatic carbocycles. The summed E-state index contributed by atoms with van der Waals surface area (Å²) in [6.07, 6.45) is 12.0. The van der Waals surface area contributed by atoms with Gasteiger partial charge in [0.05, 0.1) is 0 Å². The molecule has 3 saturated carbocycles. The van der Waals surface area contributed by atoms with Crippen molar-refractivity contribution in [3.8, 4) is 0 Å². The van der Waals surface area contributed by atoms with E-state index < -0.39 is 0 Å². The standard InChI is InChI=1S/C23H36N2O3/c1-28-20(16-4-5-16)22(27)25-14-19(15-25)18-3-2-12-24(13-18)21(26)17-6-8-23(9-7-17)10-11-23/h16-20H,2-15H2,1H3. The molecule has 0 aromatic rings. The number of likely N-dealkylation sites (tertiary alicyclic amines) is 2. The molecule has 0 bridgehead atoms. The monoisotopic (exact) mass is 388 g/mol. The van der Waals surface area contributed by atoms with Crippen LogP contribution in [0.4, 0.5) is 0 Å². The lowest BCUT2D eigenvalue weighted by Gasteiger charge is -2.47. The second-order valence-electron chi connectivity index (χ2n) is 10.5. The summed E-state index contributed by atoms with van der Waals surface area (Å²) in [7, 11) is 1.67. The van der Waals surface area contributed by atoms with Gasteiger partial charge in [-0.05, 0) is 87.4 Å². The molecule has 5 aliphatic rings. The molecule has 5 nitrogen and oxygen atoms in total. The number of carbonyl (C=O) groups excluding carboxylic acids is 2. The van der Waals surface area contributed by atoms with Gasteiger partial charge in [0.25, 0.3) is 5.91 Å². The van der Waals surface area contributed by atoms with Crippen molar-refractivity contribution < 1.29 is 14.3 Å². The number of hydrogen-bond donors (Lipinski definition) is 0. The largest absolute Gasteiger partial charge is 0.371 e. The van der Waals surface area contributed by atoms with E-state index in [1.54, 1.807) is 7.11 Å². The lowest BCUT2D eigenvalue weighted by atomic mass is 9.77. The predicted octanol–water partition coefficient (Wildman–Crippen LogP) is 3.08. The minimum atomic E-state index is -0.216. The third-order valence-electron chi connectivity index (χ3n) is 8.56. The summed E-state index contributed by atoms with van der Waals surface area (Å²) in [5.74, 6) is 2.50. The van der Waals surface area contributed by atoms with E-state index in [0.29, 0.717) is 29.1 Å². The zero-order valence-corrected chi connectivity index (χ0v) is 17.4. The smallest absolute Gasteiger partial charge is 0.251 e. The molecule has 156 valence electrons. The van der Waals surface area contributed by atoms with E-state index in [4.69, 9.17) is 4.74 Å². The molecule has 2 unspecified atom stereocenters. The van der Waals surface area contributed by atoms with Crippen molar-refractivity contribution >= 4 is 11.8 Å². The average molecular weight is 389 g/mol. The molecule has 5 rings (SSSR count). The van der Waals surface area contributed by atoms with E-state index in [1.165, 1.54) is 32.1 Å². The van der Waals surface area contributed by atoms with Crippen LogP contribution < -0.4 is 0 Å². The van der Waals surface area contributed by atoms with Gasteiger partial charge in [0, 0.05) is 39.2 Å². The Labute approximate surface area is 169 Å². The Morgan fingerprint density at radius 3 is 2.18 bits per heavy atom. The van der Waals surface area contributed by atoms with Crippen molar-refractivity contribution in [2.45, 2.75) is 70.3 Å². The van der Waals surface area contributed by atoms with Crippen molar-refractivity contribution in [3.05, 3.63) is 0 Å². The summed E-state index contributed by atoms with van der Waals surface area (Å²) in [5, 5.41) is 0. The second-order valence-corrected chi connectivity index (χ2v) is 10.5. The molecule has 0 N–H and O–H groups in total. The summed E-state index contributed by atoms with van der Waals surface area (Å²) in [6.45, 7) is 3.59. The van der Waals surface area contributed by atoms with Gasteiger partial charge in [0.1, 0.15) is 6.10 Å². The molecular weight excluding hydrogens is 352 g/mol. The Balaban J connectivity index is 1.10. The highest BCUT2D eigenvalue weighted by molar-refractivity contribution is 5.82. The van der Waals surface area contributed by atoms with Gasteiger partial charge in [-0.2, -0.15) is 0 Å². The molecule has 2 atom stereocenters. The molecule has 2 heterocycles. The molecule has 0 aromatic carbocycles. The van der Waals surface area contributed by atoms with E-state index >= 15 is 0 Å². The molecule has 5 fully saturated rings. The Morgan fingerprint density at radius 2 is 1.57 bits per heavy atom. The number of methoxy groups -OCH3 is 1. The van der Waals surface area contributed by atoms with Crippen molar-refractivity contribution in [1.29, 1.82) is 0 Å². The predicted molar refractivity (Wildman–Crippen MR) is 107 cm³/mol. The molecule has 1 spiro atoms. The molecular formula is C23H36N2O3. The van der Waals surface area contributed by atoms with E-state index in [-0.39, 0.29) is 17.9 Å². The quantitative estimate of drug-likeness (QED) is 0.727. The highest BCUT2D eigenvalue weighted by Gasteiger charge is 2.47. The van der Waals surface area contributed by atoms with Gasteiger partial charge in [-0.3, -0.25) is 9.59 Å². The maximum atomic E-state index is 13.1. The molecule has 0 aromatic heterocycles. The lowest BCUT2D eigenvalue weighted by Crippen LogP contribution is -2.58. The van der Waals surface area contributed by atoms with Crippen LogP contribution in [0.5, 0.6) is 0 Å². The van der Waals surface area contributed by atoms with Gasteiger partial charge in [0.15, 0.2) is 0 Å². The topological polar surface area (TPSA) is 49.9 Å². The van der Waals surface area contributed by atoms with Crippen LogP contribution in [0, 0.1) is 29.1 Å². The maximum Gasteiger partial charge on any atom is 0.251 e. The van der Waals surface area contributed by atoms with E-state index in [2.05, 4.69) is 4.90 Å². The number of hydrogen-bond acceptors (Lipinski definition) is 3. The van der Waals surface area contributed by atoms with Crippen LogP contribution in [0.25, 0.3) is 0 Å². The molecule has 2 aliphatic heterocycles. The Kier molecular flexibility index (Phi) is 4.93. The summed E-state index contributed by atoms with van der Waals surface area (Å²) in [5.41, 5.74) is 0.656. The van der Waals surface area contributed by atoms with Gasteiger partial charge in [0.2, 0.25) is 5.91 Å². The molecule has 5 heteroatoms. The van der Waals surface area contributed by atoms with Crippen LogP contribution >= 0.6 is 0 Å².